The maximum Gasteiger partial charge on any atom is 0.0168 e. The zero-order valence-electron chi connectivity index (χ0n) is 18.4. The van der Waals surface area contributed by atoms with E-state index in [9.17, 15) is 0 Å². The van der Waals surface area contributed by atoms with Gasteiger partial charge in [0, 0.05) is 10.8 Å². The molecule has 30 heavy (non-hydrogen) atoms. The van der Waals surface area contributed by atoms with Gasteiger partial charge in [0.05, 0.1) is 0 Å². The van der Waals surface area contributed by atoms with E-state index in [2.05, 4.69) is 85.2 Å². The summed E-state index contributed by atoms with van der Waals surface area (Å²) in [6.07, 6.45) is 10.0. The lowest BCUT2D eigenvalue weighted by Crippen LogP contribution is -2.37. The number of piperidine rings is 2. The zero-order chi connectivity index (χ0) is 20.6. The normalized spacial score (nSPS) is 22.6. The van der Waals surface area contributed by atoms with Crippen LogP contribution in [0, 0.1) is 0 Å². The largest absolute Gasteiger partial charge is 0.317 e. The van der Waals surface area contributed by atoms with E-state index in [1.165, 1.54) is 48.0 Å². The Morgan fingerprint density at radius 1 is 0.567 bits per heavy atom. The zero-order valence-corrected chi connectivity index (χ0v) is 18.4. The molecule has 2 fully saturated rings. The lowest BCUT2D eigenvalue weighted by Gasteiger charge is -2.33. The number of rotatable bonds is 0. The molecule has 2 spiro atoms. The summed E-state index contributed by atoms with van der Waals surface area (Å²) in [4.78, 5) is 0. The molecule has 2 aliphatic carbocycles. The standard InChI is InChI=1S/2C14H17N/c2*1-11-10-14(6-8-15-9-7-14)13-5-3-2-4-12(11)13/h2*2-5,10,15H,6-9H2,1H3. The van der Waals surface area contributed by atoms with Gasteiger partial charge in [0.1, 0.15) is 0 Å². The Kier molecular flexibility index (Phi) is 5.16. The second kappa shape index (κ2) is 7.83. The summed E-state index contributed by atoms with van der Waals surface area (Å²) >= 11 is 0. The Labute approximate surface area is 181 Å². The van der Waals surface area contributed by atoms with Gasteiger partial charge in [-0.05, 0) is 99.1 Å². The molecule has 2 aromatic carbocycles. The fourth-order valence-corrected chi connectivity index (χ4v) is 6.24. The second-order valence-corrected chi connectivity index (χ2v) is 9.56. The van der Waals surface area contributed by atoms with E-state index in [4.69, 9.17) is 0 Å². The predicted molar refractivity (Wildman–Crippen MR) is 128 cm³/mol. The van der Waals surface area contributed by atoms with Gasteiger partial charge in [0.15, 0.2) is 0 Å². The Bertz CT molecular complexity index is 904. The molecule has 2 nitrogen and oxygen atoms in total. The van der Waals surface area contributed by atoms with Crippen molar-refractivity contribution < 1.29 is 0 Å². The van der Waals surface area contributed by atoms with Gasteiger partial charge >= 0.3 is 0 Å². The van der Waals surface area contributed by atoms with Crippen molar-refractivity contribution in [3.63, 3.8) is 0 Å². The van der Waals surface area contributed by atoms with E-state index in [-0.39, 0.29) is 0 Å². The van der Waals surface area contributed by atoms with Crippen molar-refractivity contribution in [2.75, 3.05) is 26.2 Å². The maximum atomic E-state index is 3.45. The molecule has 0 radical (unpaired) electrons. The number of hydrogen-bond donors (Lipinski definition) is 2. The van der Waals surface area contributed by atoms with E-state index in [0.29, 0.717) is 10.8 Å². The first kappa shape index (κ1) is 19.8. The quantitative estimate of drug-likeness (QED) is 0.617. The fourth-order valence-electron chi connectivity index (χ4n) is 6.24. The Morgan fingerprint density at radius 2 is 0.933 bits per heavy atom. The van der Waals surface area contributed by atoms with Crippen LogP contribution in [0.3, 0.4) is 0 Å². The first-order valence-electron chi connectivity index (χ1n) is 11.6. The Morgan fingerprint density at radius 3 is 1.33 bits per heavy atom. The minimum atomic E-state index is 0.353. The molecule has 4 aliphatic rings. The summed E-state index contributed by atoms with van der Waals surface area (Å²) in [5, 5.41) is 6.90. The van der Waals surface area contributed by atoms with Crippen LogP contribution in [-0.2, 0) is 10.8 Å². The first-order valence-corrected chi connectivity index (χ1v) is 11.6. The van der Waals surface area contributed by atoms with Gasteiger partial charge in [0.2, 0.25) is 0 Å². The molecule has 0 aromatic heterocycles. The van der Waals surface area contributed by atoms with Gasteiger partial charge in [-0.1, -0.05) is 60.7 Å². The summed E-state index contributed by atoms with van der Waals surface area (Å²) in [5.74, 6) is 0. The van der Waals surface area contributed by atoms with E-state index < -0.39 is 0 Å². The Balaban J connectivity index is 0.000000128. The summed E-state index contributed by atoms with van der Waals surface area (Å²) in [6, 6.07) is 17.8. The van der Waals surface area contributed by atoms with E-state index >= 15 is 0 Å². The number of fused-ring (bicyclic) bond motifs is 4. The van der Waals surface area contributed by atoms with Crippen LogP contribution in [0.15, 0.2) is 60.7 Å². The van der Waals surface area contributed by atoms with Crippen LogP contribution in [-0.4, -0.2) is 26.2 Å². The third-order valence-electron chi connectivity index (χ3n) is 7.75. The summed E-state index contributed by atoms with van der Waals surface area (Å²) in [5.41, 5.74) is 9.70. The third-order valence-corrected chi connectivity index (χ3v) is 7.75. The molecule has 2 heterocycles. The van der Waals surface area contributed by atoms with Crippen LogP contribution in [0.1, 0.15) is 61.8 Å². The van der Waals surface area contributed by atoms with Gasteiger partial charge in [-0.25, -0.2) is 0 Å². The highest BCUT2D eigenvalue weighted by molar-refractivity contribution is 5.76. The lowest BCUT2D eigenvalue weighted by atomic mass is 9.75. The highest BCUT2D eigenvalue weighted by Gasteiger charge is 2.38. The number of hydrogen-bond acceptors (Lipinski definition) is 2. The van der Waals surface area contributed by atoms with Gasteiger partial charge in [0.25, 0.3) is 0 Å². The second-order valence-electron chi connectivity index (χ2n) is 9.56. The topological polar surface area (TPSA) is 24.1 Å². The number of allylic oxidation sites excluding steroid dienone is 4. The molecule has 2 heteroatoms. The summed E-state index contributed by atoms with van der Waals surface area (Å²) in [6.45, 7) is 9.09. The summed E-state index contributed by atoms with van der Waals surface area (Å²) in [7, 11) is 0. The molecule has 0 bridgehead atoms. The molecule has 2 aliphatic heterocycles. The van der Waals surface area contributed by atoms with E-state index in [1.54, 1.807) is 11.1 Å². The van der Waals surface area contributed by atoms with Crippen molar-refractivity contribution in [1.82, 2.24) is 10.6 Å². The van der Waals surface area contributed by atoms with Crippen LogP contribution in [0.2, 0.25) is 0 Å². The molecule has 2 saturated heterocycles. The molecule has 156 valence electrons. The third kappa shape index (κ3) is 3.27. The van der Waals surface area contributed by atoms with Crippen molar-refractivity contribution in [2.24, 2.45) is 0 Å². The Hall–Kier alpha value is -2.16. The lowest BCUT2D eigenvalue weighted by molar-refractivity contribution is 0.378. The molecule has 0 saturated carbocycles. The minimum absolute atomic E-state index is 0.353. The van der Waals surface area contributed by atoms with Crippen LogP contribution in [0.25, 0.3) is 11.1 Å². The van der Waals surface area contributed by atoms with Gasteiger partial charge < -0.3 is 10.6 Å². The molecule has 2 aromatic rings. The fraction of sp³-hybridized carbons (Fsp3) is 0.429. The van der Waals surface area contributed by atoms with E-state index in [1.807, 2.05) is 0 Å². The SMILES string of the molecule is CC1=CC2(CCNCC2)c2ccccc21.CC1=CC2(CCNCC2)c2ccccc21. The molecule has 0 atom stereocenters. The number of benzene rings is 2. The molecule has 0 amide bonds. The van der Waals surface area contributed by atoms with Crippen LogP contribution in [0.5, 0.6) is 0 Å². The van der Waals surface area contributed by atoms with Gasteiger partial charge in [-0.15, -0.1) is 0 Å². The van der Waals surface area contributed by atoms with Gasteiger partial charge in [-0.2, -0.15) is 0 Å². The maximum absolute atomic E-state index is 3.45. The molecular formula is C28H34N2. The van der Waals surface area contributed by atoms with Crippen LogP contribution in [0.4, 0.5) is 0 Å². The monoisotopic (exact) mass is 398 g/mol. The smallest absolute Gasteiger partial charge is 0.0168 e. The summed E-state index contributed by atoms with van der Waals surface area (Å²) < 4.78 is 0. The minimum Gasteiger partial charge on any atom is -0.317 e. The van der Waals surface area contributed by atoms with Crippen molar-refractivity contribution >= 4 is 11.1 Å². The molecular weight excluding hydrogens is 364 g/mol. The highest BCUT2D eigenvalue weighted by atomic mass is 14.9. The molecule has 0 unspecified atom stereocenters. The van der Waals surface area contributed by atoms with Crippen LogP contribution >= 0.6 is 0 Å². The number of nitrogens with one attached hydrogen (secondary N) is 2. The molecule has 6 rings (SSSR count). The predicted octanol–water partition coefficient (Wildman–Crippen LogP) is 5.45. The van der Waals surface area contributed by atoms with E-state index in [0.717, 1.165) is 26.2 Å². The average Bonchev–Trinajstić information content (AvgIpc) is 3.21. The van der Waals surface area contributed by atoms with Crippen LogP contribution < -0.4 is 10.6 Å². The first-order chi connectivity index (χ1) is 14.6. The van der Waals surface area contributed by atoms with Crippen molar-refractivity contribution in [3.8, 4) is 0 Å². The highest BCUT2D eigenvalue weighted by Crippen LogP contribution is 2.46. The van der Waals surface area contributed by atoms with Crippen molar-refractivity contribution in [2.45, 2.75) is 50.4 Å². The van der Waals surface area contributed by atoms with Crippen molar-refractivity contribution in [1.29, 1.82) is 0 Å². The average molecular weight is 399 g/mol. The van der Waals surface area contributed by atoms with Gasteiger partial charge in [-0.3, -0.25) is 0 Å². The van der Waals surface area contributed by atoms with Crippen molar-refractivity contribution in [3.05, 3.63) is 82.9 Å². The molecule has 2 N–H and O–H groups in total.